The molecule has 0 radical (unpaired) electrons. The molecule has 0 amide bonds. The van der Waals surface area contributed by atoms with Crippen LogP contribution in [0.25, 0.3) is 0 Å². The van der Waals surface area contributed by atoms with Crippen molar-refractivity contribution < 1.29 is 31.5 Å². The van der Waals surface area contributed by atoms with Crippen LogP contribution in [0.15, 0.2) is 77.8 Å². The molecule has 0 fully saturated rings. The summed E-state index contributed by atoms with van der Waals surface area (Å²) in [6.45, 7) is 7.26. The van der Waals surface area contributed by atoms with Crippen molar-refractivity contribution in [3.63, 3.8) is 0 Å². The van der Waals surface area contributed by atoms with Crippen molar-refractivity contribution >= 4 is 37.0 Å². The van der Waals surface area contributed by atoms with Crippen LogP contribution in [0.2, 0.25) is 0 Å². The molecule has 0 saturated heterocycles. The summed E-state index contributed by atoms with van der Waals surface area (Å²) in [7, 11) is -3.93. The maximum atomic E-state index is 9.75. The van der Waals surface area contributed by atoms with E-state index in [1.54, 1.807) is 14.2 Å². The molecule has 1 aliphatic rings. The van der Waals surface area contributed by atoms with Gasteiger partial charge in [-0.3, -0.25) is 0 Å². The van der Waals surface area contributed by atoms with Gasteiger partial charge >= 0.3 is 7.25 Å². The summed E-state index contributed by atoms with van der Waals surface area (Å²) in [6, 6.07) is 25.5. The number of nitrogens with zero attached hydrogens (tertiary/aromatic N) is 1. The highest BCUT2D eigenvalue weighted by atomic mass is 31.1. The SMILES string of the molecule is COc1ccc([PH+](c2ccc(OC)cc2)c2ccccc2C2=N[C@@H](C(C)(C)C)CO2)cc1.F[B-](F)(F)F. The number of hydrogen-bond acceptors (Lipinski definition) is 4. The van der Waals surface area contributed by atoms with E-state index in [0.717, 1.165) is 23.0 Å². The summed E-state index contributed by atoms with van der Waals surface area (Å²) in [5.74, 6) is 2.47. The second-order valence-corrected chi connectivity index (χ2v) is 11.9. The minimum atomic E-state index is -6.00. The van der Waals surface area contributed by atoms with Gasteiger partial charge in [0.25, 0.3) is 0 Å². The van der Waals surface area contributed by atoms with Gasteiger partial charge in [-0.15, -0.1) is 0 Å². The highest BCUT2D eigenvalue weighted by Gasteiger charge is 2.35. The van der Waals surface area contributed by atoms with Gasteiger partial charge in [0.1, 0.15) is 34.0 Å². The number of methoxy groups -OCH3 is 2. The molecular formula is C27H31BF4NO3P. The maximum absolute atomic E-state index is 9.75. The van der Waals surface area contributed by atoms with Gasteiger partial charge in [0.05, 0.1) is 33.7 Å². The highest BCUT2D eigenvalue weighted by molar-refractivity contribution is 7.80. The molecule has 198 valence electrons. The fraction of sp³-hybridized carbons (Fsp3) is 0.296. The number of hydrogen-bond donors (Lipinski definition) is 0. The molecule has 1 heterocycles. The van der Waals surface area contributed by atoms with E-state index in [9.17, 15) is 17.3 Å². The molecule has 0 aromatic heterocycles. The van der Waals surface area contributed by atoms with Crippen LogP contribution in [0.5, 0.6) is 11.5 Å². The zero-order valence-corrected chi connectivity index (χ0v) is 22.5. The van der Waals surface area contributed by atoms with Gasteiger partial charge in [-0.25, -0.2) is 4.99 Å². The Labute approximate surface area is 216 Å². The van der Waals surface area contributed by atoms with Crippen LogP contribution in [0.3, 0.4) is 0 Å². The Morgan fingerprint density at radius 3 is 1.68 bits per heavy atom. The molecule has 0 aliphatic carbocycles. The van der Waals surface area contributed by atoms with Crippen LogP contribution in [-0.4, -0.2) is 40.0 Å². The lowest BCUT2D eigenvalue weighted by molar-refractivity contribution is 0.236. The Balaban J connectivity index is 0.000000695. The molecule has 37 heavy (non-hydrogen) atoms. The topological polar surface area (TPSA) is 40.0 Å². The van der Waals surface area contributed by atoms with Crippen LogP contribution in [-0.2, 0) is 4.74 Å². The van der Waals surface area contributed by atoms with Gasteiger partial charge in [0.15, 0.2) is 0 Å². The summed E-state index contributed by atoms with van der Waals surface area (Å²) in [5, 5.41) is 3.82. The van der Waals surface area contributed by atoms with Crippen molar-refractivity contribution in [2.75, 3.05) is 20.8 Å². The normalized spacial score (nSPS) is 15.4. The third-order valence-corrected chi connectivity index (χ3v) is 8.63. The van der Waals surface area contributed by atoms with E-state index in [0.29, 0.717) is 6.61 Å². The smallest absolute Gasteiger partial charge is 0.497 e. The fourth-order valence-corrected chi connectivity index (χ4v) is 6.52. The van der Waals surface area contributed by atoms with Gasteiger partial charge in [-0.2, -0.15) is 0 Å². The zero-order valence-electron chi connectivity index (χ0n) is 21.5. The molecule has 1 atom stereocenters. The molecule has 4 rings (SSSR count). The lowest BCUT2D eigenvalue weighted by Gasteiger charge is -2.21. The van der Waals surface area contributed by atoms with Gasteiger partial charge in [0.2, 0.25) is 5.90 Å². The van der Waals surface area contributed by atoms with Gasteiger partial charge in [0, 0.05) is 0 Å². The third kappa shape index (κ3) is 7.96. The van der Waals surface area contributed by atoms with E-state index in [-0.39, 0.29) is 11.5 Å². The molecule has 4 nitrogen and oxygen atoms in total. The predicted octanol–water partition coefficient (Wildman–Crippen LogP) is 5.69. The second-order valence-electron chi connectivity index (χ2n) is 9.50. The zero-order chi connectivity index (χ0) is 27.2. The highest BCUT2D eigenvalue weighted by Crippen LogP contribution is 2.36. The second kappa shape index (κ2) is 12.0. The summed E-state index contributed by atoms with van der Waals surface area (Å²) < 4.78 is 55.9. The number of halogens is 4. The summed E-state index contributed by atoms with van der Waals surface area (Å²) in [6.07, 6.45) is 0. The lowest BCUT2D eigenvalue weighted by Crippen LogP contribution is -2.25. The first kappa shape index (κ1) is 28.5. The summed E-state index contributed by atoms with van der Waals surface area (Å²) in [4.78, 5) is 4.99. The van der Waals surface area contributed by atoms with Crippen LogP contribution < -0.4 is 25.4 Å². The fourth-order valence-electron chi connectivity index (χ4n) is 3.85. The van der Waals surface area contributed by atoms with Crippen LogP contribution in [0.4, 0.5) is 17.3 Å². The molecule has 3 aromatic rings. The molecular weight excluding hydrogens is 504 g/mol. The van der Waals surface area contributed by atoms with Crippen molar-refractivity contribution in [2.24, 2.45) is 10.4 Å². The Morgan fingerprint density at radius 1 is 0.811 bits per heavy atom. The van der Waals surface area contributed by atoms with Gasteiger partial charge < -0.3 is 31.5 Å². The van der Waals surface area contributed by atoms with E-state index in [1.807, 2.05) is 24.3 Å². The molecule has 0 spiro atoms. The van der Waals surface area contributed by atoms with Crippen molar-refractivity contribution in [1.29, 1.82) is 0 Å². The summed E-state index contributed by atoms with van der Waals surface area (Å²) >= 11 is 0. The van der Waals surface area contributed by atoms with E-state index >= 15 is 0 Å². The first-order valence-corrected chi connectivity index (χ1v) is 13.2. The van der Waals surface area contributed by atoms with E-state index in [1.165, 1.54) is 15.9 Å². The third-order valence-electron chi connectivity index (χ3n) is 5.83. The monoisotopic (exact) mass is 535 g/mol. The van der Waals surface area contributed by atoms with Crippen molar-refractivity contribution in [2.45, 2.75) is 26.8 Å². The maximum Gasteiger partial charge on any atom is 0.673 e. The molecule has 0 unspecified atom stereocenters. The Bertz CT molecular complexity index is 1140. The largest absolute Gasteiger partial charge is 0.673 e. The number of ether oxygens (including phenoxy) is 3. The molecule has 0 N–H and O–H groups in total. The van der Waals surface area contributed by atoms with Gasteiger partial charge in [-0.05, 0) is 66.1 Å². The van der Waals surface area contributed by atoms with Crippen LogP contribution in [0, 0.1) is 5.41 Å². The van der Waals surface area contributed by atoms with E-state index in [4.69, 9.17) is 19.2 Å². The van der Waals surface area contributed by atoms with Crippen LogP contribution >= 0.6 is 7.92 Å². The number of rotatable bonds is 6. The molecule has 3 aromatic carbocycles. The first-order chi connectivity index (χ1) is 17.4. The minimum absolute atomic E-state index is 0.0659. The minimum Gasteiger partial charge on any atom is -0.497 e. The number of aliphatic imine (C=N–C) groups is 1. The van der Waals surface area contributed by atoms with E-state index in [2.05, 4.69) is 69.3 Å². The Morgan fingerprint density at radius 2 is 1.27 bits per heavy atom. The predicted molar refractivity (Wildman–Crippen MR) is 146 cm³/mol. The van der Waals surface area contributed by atoms with Gasteiger partial charge in [-0.1, -0.05) is 32.9 Å². The average molecular weight is 535 g/mol. The van der Waals surface area contributed by atoms with Crippen molar-refractivity contribution in [3.8, 4) is 11.5 Å². The molecule has 0 saturated carbocycles. The summed E-state index contributed by atoms with van der Waals surface area (Å²) in [5.41, 5.74) is 1.15. The molecule has 1 aliphatic heterocycles. The number of benzene rings is 3. The first-order valence-electron chi connectivity index (χ1n) is 11.7. The Kier molecular flexibility index (Phi) is 9.24. The molecule has 0 bridgehead atoms. The van der Waals surface area contributed by atoms with Crippen LogP contribution in [0.1, 0.15) is 26.3 Å². The van der Waals surface area contributed by atoms with Crippen molar-refractivity contribution in [1.82, 2.24) is 0 Å². The quantitative estimate of drug-likeness (QED) is 0.232. The average Bonchev–Trinajstić information content (AvgIpc) is 3.35. The lowest BCUT2D eigenvalue weighted by atomic mass is 9.88. The van der Waals surface area contributed by atoms with E-state index < -0.39 is 15.2 Å². The standard InChI is InChI=1S/C27H30NO3P.BF4/c1-27(2,3)25-18-31-26(28-25)23-8-6-7-9-24(23)32(21-14-10-19(29-4)11-15-21)22-16-12-20(30-5)13-17-22;2-1(3,4)5/h6-17,25H,18H2,1-5H3;/q;-1/p+1/t25-;/m1./s1. The molecule has 10 heteroatoms. The van der Waals surface area contributed by atoms with Crippen molar-refractivity contribution in [3.05, 3.63) is 78.4 Å². The Hall–Kier alpha value is -3.06.